The Kier molecular flexibility index (Phi) is 3.80. The Morgan fingerprint density at radius 2 is 1.28 bits per heavy atom. The van der Waals surface area contributed by atoms with Gasteiger partial charge < -0.3 is 11.5 Å². The molecular formula is C16H20N2. The summed E-state index contributed by atoms with van der Waals surface area (Å²) in [5.74, 6) is 0. The highest BCUT2D eigenvalue weighted by atomic mass is 14.7. The first kappa shape index (κ1) is 12.8. The molecule has 94 valence electrons. The van der Waals surface area contributed by atoms with Gasteiger partial charge >= 0.3 is 0 Å². The zero-order valence-corrected chi connectivity index (χ0v) is 10.7. The van der Waals surface area contributed by atoms with Crippen LogP contribution in [-0.2, 0) is 5.41 Å². The highest BCUT2D eigenvalue weighted by molar-refractivity contribution is 5.41. The SMILES string of the molecule is CC(N)C(CN)(c1ccccc1)c1ccccc1. The summed E-state index contributed by atoms with van der Waals surface area (Å²) in [5.41, 5.74) is 14.4. The molecule has 0 radical (unpaired) electrons. The largest absolute Gasteiger partial charge is 0.329 e. The van der Waals surface area contributed by atoms with Crippen molar-refractivity contribution in [1.82, 2.24) is 0 Å². The molecule has 2 nitrogen and oxygen atoms in total. The summed E-state index contributed by atoms with van der Waals surface area (Å²) in [4.78, 5) is 0. The van der Waals surface area contributed by atoms with Gasteiger partial charge in [0, 0.05) is 18.0 Å². The van der Waals surface area contributed by atoms with Crippen molar-refractivity contribution in [3.63, 3.8) is 0 Å². The van der Waals surface area contributed by atoms with E-state index in [2.05, 4.69) is 24.3 Å². The van der Waals surface area contributed by atoms with Gasteiger partial charge in [0.25, 0.3) is 0 Å². The molecule has 0 fully saturated rings. The van der Waals surface area contributed by atoms with Gasteiger partial charge in [0.1, 0.15) is 0 Å². The standard InChI is InChI=1S/C16H20N2/c1-13(18)16(12-17,14-8-4-2-5-9-14)15-10-6-3-7-11-15/h2-11,13H,12,17-18H2,1H3. The van der Waals surface area contributed by atoms with Gasteiger partial charge in [-0.2, -0.15) is 0 Å². The molecule has 0 aromatic heterocycles. The normalized spacial score (nSPS) is 13.3. The van der Waals surface area contributed by atoms with E-state index < -0.39 is 0 Å². The monoisotopic (exact) mass is 240 g/mol. The Balaban J connectivity index is 2.61. The Bertz CT molecular complexity index is 437. The molecule has 0 spiro atoms. The molecule has 0 aliphatic rings. The maximum absolute atomic E-state index is 6.27. The van der Waals surface area contributed by atoms with Crippen molar-refractivity contribution < 1.29 is 0 Å². The molecule has 1 atom stereocenters. The number of nitrogens with two attached hydrogens (primary N) is 2. The lowest BCUT2D eigenvalue weighted by molar-refractivity contribution is 0.439. The lowest BCUT2D eigenvalue weighted by atomic mass is 9.70. The van der Waals surface area contributed by atoms with E-state index in [1.54, 1.807) is 0 Å². The van der Waals surface area contributed by atoms with Crippen molar-refractivity contribution in [1.29, 1.82) is 0 Å². The molecule has 2 aromatic carbocycles. The summed E-state index contributed by atoms with van der Waals surface area (Å²) in [6.07, 6.45) is 0. The smallest absolute Gasteiger partial charge is 0.0472 e. The molecule has 0 bridgehead atoms. The first-order valence-corrected chi connectivity index (χ1v) is 6.28. The lowest BCUT2D eigenvalue weighted by Gasteiger charge is -2.37. The third-order valence-electron chi connectivity index (χ3n) is 3.68. The molecule has 2 aromatic rings. The maximum atomic E-state index is 6.27. The van der Waals surface area contributed by atoms with Gasteiger partial charge in [-0.05, 0) is 18.1 Å². The van der Waals surface area contributed by atoms with E-state index in [1.165, 1.54) is 11.1 Å². The van der Waals surface area contributed by atoms with Gasteiger partial charge in [-0.15, -0.1) is 0 Å². The zero-order chi connectivity index (χ0) is 13.0. The van der Waals surface area contributed by atoms with Crippen molar-refractivity contribution in [2.24, 2.45) is 11.5 Å². The summed E-state index contributed by atoms with van der Waals surface area (Å²) in [5, 5.41) is 0. The Hall–Kier alpha value is -1.64. The van der Waals surface area contributed by atoms with E-state index in [-0.39, 0.29) is 11.5 Å². The Morgan fingerprint density at radius 1 is 0.889 bits per heavy atom. The van der Waals surface area contributed by atoms with Crippen LogP contribution in [0.2, 0.25) is 0 Å². The number of rotatable bonds is 4. The van der Waals surface area contributed by atoms with E-state index in [4.69, 9.17) is 11.5 Å². The van der Waals surface area contributed by atoms with Crippen LogP contribution in [0.3, 0.4) is 0 Å². The van der Waals surface area contributed by atoms with Crippen LogP contribution in [0.5, 0.6) is 0 Å². The number of benzene rings is 2. The third kappa shape index (κ3) is 2.05. The van der Waals surface area contributed by atoms with E-state index in [9.17, 15) is 0 Å². The fourth-order valence-electron chi connectivity index (χ4n) is 2.59. The molecule has 2 rings (SSSR count). The number of hydrogen-bond acceptors (Lipinski definition) is 2. The van der Waals surface area contributed by atoms with E-state index in [0.717, 1.165) is 0 Å². The quantitative estimate of drug-likeness (QED) is 0.861. The second-order valence-corrected chi connectivity index (χ2v) is 4.70. The van der Waals surface area contributed by atoms with Gasteiger partial charge in [-0.25, -0.2) is 0 Å². The predicted molar refractivity (Wildman–Crippen MR) is 76.4 cm³/mol. The second-order valence-electron chi connectivity index (χ2n) is 4.70. The van der Waals surface area contributed by atoms with Crippen LogP contribution < -0.4 is 11.5 Å². The first-order valence-electron chi connectivity index (χ1n) is 6.28. The zero-order valence-electron chi connectivity index (χ0n) is 10.7. The van der Waals surface area contributed by atoms with Crippen molar-refractivity contribution in [3.8, 4) is 0 Å². The fourth-order valence-corrected chi connectivity index (χ4v) is 2.59. The van der Waals surface area contributed by atoms with Gasteiger partial charge in [0.05, 0.1) is 0 Å². The third-order valence-corrected chi connectivity index (χ3v) is 3.68. The van der Waals surface area contributed by atoms with E-state index >= 15 is 0 Å². The molecule has 4 N–H and O–H groups in total. The Labute approximate surface area is 109 Å². The van der Waals surface area contributed by atoms with Gasteiger partial charge in [0.2, 0.25) is 0 Å². The maximum Gasteiger partial charge on any atom is 0.0472 e. The molecule has 2 heteroatoms. The highest BCUT2D eigenvalue weighted by Crippen LogP contribution is 2.33. The second kappa shape index (κ2) is 5.34. The van der Waals surface area contributed by atoms with Crippen LogP contribution >= 0.6 is 0 Å². The molecule has 0 saturated heterocycles. The summed E-state index contributed by atoms with van der Waals surface area (Å²) in [6, 6.07) is 20.5. The summed E-state index contributed by atoms with van der Waals surface area (Å²) >= 11 is 0. The molecule has 1 unspecified atom stereocenters. The molecule has 0 amide bonds. The lowest BCUT2D eigenvalue weighted by Crippen LogP contribution is -2.49. The Morgan fingerprint density at radius 3 is 1.56 bits per heavy atom. The highest BCUT2D eigenvalue weighted by Gasteiger charge is 2.36. The first-order chi connectivity index (χ1) is 8.71. The summed E-state index contributed by atoms with van der Waals surface area (Å²) < 4.78 is 0. The van der Waals surface area contributed by atoms with E-state index in [0.29, 0.717) is 6.54 Å². The van der Waals surface area contributed by atoms with Crippen LogP contribution in [0.1, 0.15) is 18.1 Å². The van der Waals surface area contributed by atoms with Crippen molar-refractivity contribution in [2.75, 3.05) is 6.54 Å². The predicted octanol–water partition coefficient (Wildman–Crippen LogP) is 2.28. The van der Waals surface area contributed by atoms with Crippen LogP contribution in [0.4, 0.5) is 0 Å². The summed E-state index contributed by atoms with van der Waals surface area (Å²) in [6.45, 7) is 2.52. The van der Waals surface area contributed by atoms with Crippen LogP contribution in [-0.4, -0.2) is 12.6 Å². The minimum Gasteiger partial charge on any atom is -0.329 e. The topological polar surface area (TPSA) is 52.0 Å². The molecule has 0 aliphatic heterocycles. The van der Waals surface area contributed by atoms with Crippen LogP contribution in [0, 0.1) is 0 Å². The minimum atomic E-state index is -0.317. The van der Waals surface area contributed by atoms with E-state index in [1.807, 2.05) is 43.3 Å². The van der Waals surface area contributed by atoms with Gasteiger partial charge in [-0.1, -0.05) is 60.7 Å². The fraction of sp³-hybridized carbons (Fsp3) is 0.250. The van der Waals surface area contributed by atoms with Gasteiger partial charge in [-0.3, -0.25) is 0 Å². The number of hydrogen-bond donors (Lipinski definition) is 2. The van der Waals surface area contributed by atoms with Crippen LogP contribution in [0.25, 0.3) is 0 Å². The van der Waals surface area contributed by atoms with Crippen molar-refractivity contribution in [2.45, 2.75) is 18.4 Å². The average molecular weight is 240 g/mol. The average Bonchev–Trinajstić information content (AvgIpc) is 2.42. The molecule has 0 aliphatic carbocycles. The summed E-state index contributed by atoms with van der Waals surface area (Å²) in [7, 11) is 0. The molecule has 0 heterocycles. The van der Waals surface area contributed by atoms with Crippen molar-refractivity contribution in [3.05, 3.63) is 71.8 Å². The van der Waals surface area contributed by atoms with Crippen LogP contribution in [0.15, 0.2) is 60.7 Å². The van der Waals surface area contributed by atoms with Gasteiger partial charge in [0.15, 0.2) is 0 Å². The van der Waals surface area contributed by atoms with Crippen molar-refractivity contribution >= 4 is 0 Å². The molecule has 18 heavy (non-hydrogen) atoms. The molecular weight excluding hydrogens is 220 g/mol. The molecule has 0 saturated carbocycles. The minimum absolute atomic E-state index is 0.0488.